The average Bonchev–Trinajstić information content (AvgIpc) is 2.76. The third-order valence-electron chi connectivity index (χ3n) is 6.50. The van der Waals surface area contributed by atoms with Gasteiger partial charge in [-0.15, -0.1) is 0 Å². The molecule has 2 aliphatic heterocycles. The molecular weight excluding hydrogens is 450 g/mol. The first-order valence-corrected chi connectivity index (χ1v) is 13.0. The molecule has 1 unspecified atom stereocenters. The highest BCUT2D eigenvalue weighted by Gasteiger charge is 2.39. The lowest BCUT2D eigenvalue weighted by Crippen LogP contribution is -2.49. The van der Waals surface area contributed by atoms with Crippen LogP contribution in [0.3, 0.4) is 0 Å². The average molecular weight is 476 g/mol. The van der Waals surface area contributed by atoms with Gasteiger partial charge in [-0.2, -0.15) is 4.98 Å². The van der Waals surface area contributed by atoms with E-state index in [0.717, 1.165) is 31.3 Å². The number of aliphatic hydroxyl groups is 1. The fourth-order valence-corrected chi connectivity index (χ4v) is 6.27. The van der Waals surface area contributed by atoms with E-state index in [0.29, 0.717) is 64.9 Å². The van der Waals surface area contributed by atoms with Crippen LogP contribution in [0.15, 0.2) is 23.4 Å². The standard InChI is InChI=1S/C21H26ClN7O2S/c22-15-11-24-18(25-12-15)14-4-8-29(9-5-14)20-26-16-3-1-10-32(23,31)17(16)19(27-20)28-21(13-30)6-2-7-21/h4,11-12,23,30H,1-3,5-10,13H2,(H,26,27,28). The molecule has 1 saturated carbocycles. The van der Waals surface area contributed by atoms with Crippen LogP contribution in [0, 0.1) is 4.78 Å². The number of fused-ring (bicyclic) bond motifs is 1. The van der Waals surface area contributed by atoms with Crippen molar-refractivity contribution >= 4 is 38.7 Å². The monoisotopic (exact) mass is 475 g/mol. The molecule has 2 aromatic heterocycles. The highest BCUT2D eigenvalue weighted by molar-refractivity contribution is 7.92. The quantitative estimate of drug-likeness (QED) is 0.602. The maximum Gasteiger partial charge on any atom is 0.227 e. The fourth-order valence-electron chi connectivity index (χ4n) is 4.48. The Balaban J connectivity index is 1.47. The number of anilines is 2. The van der Waals surface area contributed by atoms with E-state index < -0.39 is 15.3 Å². The van der Waals surface area contributed by atoms with E-state index in [9.17, 15) is 9.32 Å². The molecule has 0 aromatic carbocycles. The topological polar surface area (TPSA) is 128 Å². The van der Waals surface area contributed by atoms with Gasteiger partial charge in [0.05, 0.1) is 32.6 Å². The summed E-state index contributed by atoms with van der Waals surface area (Å²) in [5.74, 6) is 2.00. The lowest BCUT2D eigenvalue weighted by atomic mass is 9.77. The van der Waals surface area contributed by atoms with Crippen LogP contribution in [-0.2, 0) is 16.1 Å². The number of nitrogens with zero attached hydrogens (tertiary/aromatic N) is 5. The van der Waals surface area contributed by atoms with Crippen molar-refractivity contribution in [1.82, 2.24) is 19.9 Å². The molecule has 11 heteroatoms. The van der Waals surface area contributed by atoms with E-state index in [-0.39, 0.29) is 6.61 Å². The summed E-state index contributed by atoms with van der Waals surface area (Å²) in [6.45, 7) is 1.27. The molecular formula is C21H26ClN7O2S. The summed E-state index contributed by atoms with van der Waals surface area (Å²) in [7, 11) is -2.96. The minimum atomic E-state index is -2.96. The molecule has 170 valence electrons. The fraction of sp³-hybridized carbons (Fsp3) is 0.524. The third-order valence-corrected chi connectivity index (χ3v) is 8.64. The molecule has 3 N–H and O–H groups in total. The number of aromatic nitrogens is 4. The number of hydrogen-bond donors (Lipinski definition) is 3. The third kappa shape index (κ3) is 3.95. The van der Waals surface area contributed by atoms with E-state index in [1.54, 1.807) is 12.4 Å². The zero-order chi connectivity index (χ0) is 22.3. The number of aliphatic hydroxyl groups excluding tert-OH is 1. The second-order valence-electron chi connectivity index (χ2n) is 8.70. The normalized spacial score (nSPS) is 24.3. The summed E-state index contributed by atoms with van der Waals surface area (Å²) in [5.41, 5.74) is 1.29. The summed E-state index contributed by atoms with van der Waals surface area (Å²) in [4.78, 5) is 20.6. The Hall–Kier alpha value is -2.30. The molecule has 0 amide bonds. The summed E-state index contributed by atoms with van der Waals surface area (Å²) in [5, 5.41) is 13.8. The lowest BCUT2D eigenvalue weighted by Gasteiger charge is -2.42. The summed E-state index contributed by atoms with van der Waals surface area (Å²) in [6, 6.07) is 0. The van der Waals surface area contributed by atoms with E-state index in [1.165, 1.54) is 0 Å². The Bertz CT molecular complexity index is 1160. The Morgan fingerprint density at radius 2 is 2.00 bits per heavy atom. The molecule has 32 heavy (non-hydrogen) atoms. The maximum atomic E-state index is 13.1. The van der Waals surface area contributed by atoms with Crippen LogP contribution < -0.4 is 10.2 Å². The van der Waals surface area contributed by atoms with Crippen molar-refractivity contribution in [2.45, 2.75) is 49.0 Å². The van der Waals surface area contributed by atoms with E-state index in [2.05, 4.69) is 26.3 Å². The van der Waals surface area contributed by atoms with E-state index >= 15 is 0 Å². The first-order valence-electron chi connectivity index (χ1n) is 10.9. The van der Waals surface area contributed by atoms with Crippen molar-refractivity contribution in [3.05, 3.63) is 35.0 Å². The molecule has 1 fully saturated rings. The minimum Gasteiger partial charge on any atom is -0.394 e. The van der Waals surface area contributed by atoms with Crippen LogP contribution in [0.2, 0.25) is 5.02 Å². The van der Waals surface area contributed by atoms with Gasteiger partial charge in [0.15, 0.2) is 5.82 Å². The van der Waals surface area contributed by atoms with E-state index in [4.69, 9.17) is 26.3 Å². The van der Waals surface area contributed by atoms with Crippen molar-refractivity contribution in [3.63, 3.8) is 0 Å². The van der Waals surface area contributed by atoms with Crippen LogP contribution in [-0.4, -0.2) is 60.2 Å². The number of rotatable bonds is 5. The first-order chi connectivity index (χ1) is 15.4. The molecule has 3 aliphatic rings. The van der Waals surface area contributed by atoms with Crippen LogP contribution >= 0.6 is 11.6 Å². The summed E-state index contributed by atoms with van der Waals surface area (Å²) >= 11 is 5.89. The highest BCUT2D eigenvalue weighted by atomic mass is 35.5. The van der Waals surface area contributed by atoms with Crippen molar-refractivity contribution in [2.24, 2.45) is 0 Å². The Labute approximate surface area is 192 Å². The van der Waals surface area contributed by atoms with Gasteiger partial charge < -0.3 is 15.3 Å². The predicted octanol–water partition coefficient (Wildman–Crippen LogP) is 2.89. The minimum absolute atomic E-state index is 0.0167. The molecule has 5 rings (SSSR count). The summed E-state index contributed by atoms with van der Waals surface area (Å²) in [6.07, 6.45) is 10.0. The lowest BCUT2D eigenvalue weighted by molar-refractivity contribution is 0.143. The first kappa shape index (κ1) is 21.5. The molecule has 0 bridgehead atoms. The number of aryl methyl sites for hydroxylation is 1. The molecule has 0 radical (unpaired) electrons. The number of nitrogens with one attached hydrogen (secondary N) is 2. The molecule has 1 aliphatic carbocycles. The van der Waals surface area contributed by atoms with Gasteiger partial charge >= 0.3 is 0 Å². The SMILES string of the molecule is N=S1(=O)CCCc2nc(N3CC=C(c4ncc(Cl)cn4)CC3)nc(NC3(CO)CCC3)c21. The number of hydrogen-bond acceptors (Lipinski definition) is 9. The molecule has 1 atom stereocenters. The van der Waals surface area contributed by atoms with Gasteiger partial charge in [-0.25, -0.2) is 23.9 Å². The van der Waals surface area contributed by atoms with Crippen LogP contribution in [0.5, 0.6) is 0 Å². The Morgan fingerprint density at radius 3 is 2.62 bits per heavy atom. The number of halogens is 1. The van der Waals surface area contributed by atoms with Gasteiger partial charge in [0.2, 0.25) is 5.95 Å². The van der Waals surface area contributed by atoms with Gasteiger partial charge in [-0.3, -0.25) is 0 Å². The van der Waals surface area contributed by atoms with E-state index in [1.807, 2.05) is 0 Å². The molecule has 0 saturated heterocycles. The van der Waals surface area contributed by atoms with Gasteiger partial charge in [-0.1, -0.05) is 17.7 Å². The molecule has 2 aromatic rings. The van der Waals surface area contributed by atoms with Gasteiger partial charge in [0.1, 0.15) is 10.7 Å². The molecule has 9 nitrogen and oxygen atoms in total. The Kier molecular flexibility index (Phi) is 5.55. The summed E-state index contributed by atoms with van der Waals surface area (Å²) < 4.78 is 21.5. The predicted molar refractivity (Wildman–Crippen MR) is 123 cm³/mol. The highest BCUT2D eigenvalue weighted by Crippen LogP contribution is 2.39. The zero-order valence-corrected chi connectivity index (χ0v) is 19.3. The van der Waals surface area contributed by atoms with Gasteiger partial charge in [0, 0.05) is 31.2 Å². The van der Waals surface area contributed by atoms with Crippen LogP contribution in [0.25, 0.3) is 5.57 Å². The molecule has 4 heterocycles. The zero-order valence-electron chi connectivity index (χ0n) is 17.7. The second-order valence-corrected chi connectivity index (χ2v) is 11.3. The van der Waals surface area contributed by atoms with Crippen molar-refractivity contribution in [1.29, 1.82) is 4.78 Å². The Morgan fingerprint density at radius 1 is 1.22 bits per heavy atom. The van der Waals surface area contributed by atoms with Gasteiger partial charge in [0.25, 0.3) is 0 Å². The molecule has 0 spiro atoms. The van der Waals surface area contributed by atoms with Crippen LogP contribution in [0.4, 0.5) is 11.8 Å². The maximum absolute atomic E-state index is 13.1. The van der Waals surface area contributed by atoms with Crippen molar-refractivity contribution in [3.8, 4) is 0 Å². The van der Waals surface area contributed by atoms with Crippen LogP contribution in [0.1, 0.15) is 43.6 Å². The van der Waals surface area contributed by atoms with Crippen molar-refractivity contribution < 1.29 is 9.32 Å². The second kappa shape index (κ2) is 8.24. The van der Waals surface area contributed by atoms with Crippen molar-refractivity contribution in [2.75, 3.05) is 35.7 Å². The smallest absolute Gasteiger partial charge is 0.227 e. The van der Waals surface area contributed by atoms with Gasteiger partial charge in [-0.05, 0) is 44.1 Å². The largest absolute Gasteiger partial charge is 0.394 e.